The molecule has 1 heterocycles. The van der Waals surface area contributed by atoms with Crippen molar-refractivity contribution < 1.29 is 19.1 Å². The van der Waals surface area contributed by atoms with Crippen molar-refractivity contribution in [3.63, 3.8) is 0 Å². The van der Waals surface area contributed by atoms with Crippen LogP contribution in [-0.4, -0.2) is 30.7 Å². The van der Waals surface area contributed by atoms with Gasteiger partial charge in [0.25, 0.3) is 0 Å². The third-order valence-corrected chi connectivity index (χ3v) is 3.18. The van der Waals surface area contributed by atoms with Crippen molar-refractivity contribution in [2.24, 2.45) is 0 Å². The van der Waals surface area contributed by atoms with Crippen molar-refractivity contribution in [3.8, 4) is 0 Å². The molecule has 0 atom stereocenters. The Labute approximate surface area is 140 Å². The molecule has 0 aliphatic rings. The van der Waals surface area contributed by atoms with Crippen molar-refractivity contribution in [1.82, 2.24) is 4.98 Å². The largest absolute Gasteiger partial charge is 0.465 e. The minimum Gasteiger partial charge on any atom is -0.465 e. The number of carbonyl (C=O) groups excluding carboxylic acids is 2. The van der Waals surface area contributed by atoms with Crippen LogP contribution in [0.5, 0.6) is 0 Å². The van der Waals surface area contributed by atoms with Gasteiger partial charge in [-0.25, -0.2) is 14.6 Å². The number of ether oxygens (including phenoxy) is 2. The minimum atomic E-state index is -0.623. The Hall–Kier alpha value is -3.15. The number of benzene rings is 1. The van der Waals surface area contributed by atoms with Crippen LogP contribution in [0.1, 0.15) is 15.9 Å². The topological polar surface area (TPSA) is 68.7 Å². The van der Waals surface area contributed by atoms with Crippen molar-refractivity contribution in [2.75, 3.05) is 18.6 Å². The molecule has 0 unspecified atom stereocenters. The van der Waals surface area contributed by atoms with Gasteiger partial charge in [0.2, 0.25) is 0 Å². The molecule has 0 radical (unpaired) electrons. The van der Waals surface area contributed by atoms with Crippen LogP contribution >= 0.6 is 0 Å². The highest BCUT2D eigenvalue weighted by Crippen LogP contribution is 2.19. The molecule has 6 heteroatoms. The van der Waals surface area contributed by atoms with E-state index in [4.69, 9.17) is 9.47 Å². The second-order valence-corrected chi connectivity index (χ2v) is 4.81. The predicted molar refractivity (Wildman–Crippen MR) is 89.7 cm³/mol. The van der Waals surface area contributed by atoms with Gasteiger partial charge in [-0.05, 0) is 17.7 Å². The Morgan fingerprint density at radius 1 is 1.21 bits per heavy atom. The molecule has 0 bridgehead atoms. The zero-order valence-electron chi connectivity index (χ0n) is 13.3. The molecule has 0 spiro atoms. The van der Waals surface area contributed by atoms with Crippen molar-refractivity contribution in [1.29, 1.82) is 0 Å². The molecular formula is C18H18N2O4. The Kier molecular flexibility index (Phi) is 6.08. The lowest BCUT2D eigenvalue weighted by molar-refractivity contribution is 0.0601. The molecule has 0 aliphatic carbocycles. The molecule has 0 aliphatic heterocycles. The van der Waals surface area contributed by atoms with Gasteiger partial charge in [0.1, 0.15) is 12.2 Å². The van der Waals surface area contributed by atoms with Crippen LogP contribution in [0.3, 0.4) is 0 Å². The first-order valence-electron chi connectivity index (χ1n) is 7.29. The van der Waals surface area contributed by atoms with E-state index in [0.717, 1.165) is 5.56 Å². The summed E-state index contributed by atoms with van der Waals surface area (Å²) in [5, 5.41) is 0. The van der Waals surface area contributed by atoms with Crippen LogP contribution in [0.15, 0.2) is 61.3 Å². The molecule has 0 N–H and O–H groups in total. The van der Waals surface area contributed by atoms with Crippen LogP contribution in [0.4, 0.5) is 10.6 Å². The normalized spacial score (nSPS) is 9.88. The summed E-state index contributed by atoms with van der Waals surface area (Å²) in [6.07, 6.45) is 2.39. The third-order valence-electron chi connectivity index (χ3n) is 3.18. The Morgan fingerprint density at radius 3 is 2.62 bits per heavy atom. The fourth-order valence-corrected chi connectivity index (χ4v) is 2.06. The van der Waals surface area contributed by atoms with E-state index in [1.807, 2.05) is 30.3 Å². The maximum atomic E-state index is 12.4. The molecule has 0 saturated heterocycles. The maximum Gasteiger partial charge on any atom is 0.416 e. The van der Waals surface area contributed by atoms with Gasteiger partial charge in [-0.2, -0.15) is 0 Å². The summed E-state index contributed by atoms with van der Waals surface area (Å²) in [5.74, 6) is -0.412. The molecule has 0 fully saturated rings. The maximum absolute atomic E-state index is 12.4. The Bertz CT molecular complexity index is 716. The van der Waals surface area contributed by atoms with Crippen LogP contribution in [0.25, 0.3) is 0 Å². The fraction of sp³-hybridized carbons (Fsp3) is 0.167. The molecule has 1 aromatic heterocycles. The van der Waals surface area contributed by atoms with Crippen molar-refractivity contribution in [2.45, 2.75) is 6.61 Å². The molecule has 24 heavy (non-hydrogen) atoms. The number of aromatic nitrogens is 1. The van der Waals surface area contributed by atoms with Crippen molar-refractivity contribution >= 4 is 17.9 Å². The first-order chi connectivity index (χ1) is 11.7. The summed E-state index contributed by atoms with van der Waals surface area (Å²) in [7, 11) is 1.27. The summed E-state index contributed by atoms with van der Waals surface area (Å²) < 4.78 is 10.0. The van der Waals surface area contributed by atoms with Gasteiger partial charge in [-0.15, -0.1) is 6.58 Å². The van der Waals surface area contributed by atoms with Crippen LogP contribution < -0.4 is 4.90 Å². The number of hydrogen-bond donors (Lipinski definition) is 0. The van der Waals surface area contributed by atoms with Gasteiger partial charge < -0.3 is 9.47 Å². The lowest BCUT2D eigenvalue weighted by Crippen LogP contribution is -2.33. The number of amides is 1. The highest BCUT2D eigenvalue weighted by atomic mass is 16.6. The van der Waals surface area contributed by atoms with E-state index in [1.54, 1.807) is 6.07 Å². The Morgan fingerprint density at radius 2 is 1.96 bits per heavy atom. The monoisotopic (exact) mass is 326 g/mol. The second-order valence-electron chi connectivity index (χ2n) is 4.81. The molecular weight excluding hydrogens is 308 g/mol. The van der Waals surface area contributed by atoms with E-state index in [9.17, 15) is 9.59 Å². The highest BCUT2D eigenvalue weighted by Gasteiger charge is 2.23. The van der Waals surface area contributed by atoms with Gasteiger partial charge in [0.15, 0.2) is 5.82 Å². The van der Waals surface area contributed by atoms with E-state index in [-0.39, 0.29) is 24.5 Å². The van der Waals surface area contributed by atoms with Gasteiger partial charge in [-0.3, -0.25) is 4.90 Å². The number of hydrogen-bond acceptors (Lipinski definition) is 5. The first kappa shape index (κ1) is 17.2. The molecule has 124 valence electrons. The second kappa shape index (κ2) is 8.47. The van der Waals surface area contributed by atoms with E-state index in [0.29, 0.717) is 0 Å². The standard InChI is InChI=1S/C18H18N2O4/c1-3-12-20(16-15(17(21)23-2)10-7-11-19-16)18(22)24-13-14-8-5-4-6-9-14/h3-11H,1,12-13H2,2H3. The summed E-state index contributed by atoms with van der Waals surface area (Å²) in [6, 6.07) is 12.4. The van der Waals surface area contributed by atoms with E-state index >= 15 is 0 Å². The number of anilines is 1. The summed E-state index contributed by atoms with van der Waals surface area (Å²) in [5.41, 5.74) is 1.04. The van der Waals surface area contributed by atoms with Crippen LogP contribution in [-0.2, 0) is 16.1 Å². The van der Waals surface area contributed by atoms with Gasteiger partial charge in [-0.1, -0.05) is 36.4 Å². The zero-order chi connectivity index (χ0) is 17.4. The van der Waals surface area contributed by atoms with Crippen LogP contribution in [0, 0.1) is 0 Å². The fourth-order valence-electron chi connectivity index (χ4n) is 2.06. The number of pyridine rings is 1. The molecule has 1 aromatic carbocycles. The van der Waals surface area contributed by atoms with E-state index in [1.165, 1.54) is 30.3 Å². The quantitative estimate of drug-likeness (QED) is 0.602. The molecule has 2 rings (SSSR count). The summed E-state index contributed by atoms with van der Waals surface area (Å²) >= 11 is 0. The van der Waals surface area contributed by atoms with E-state index < -0.39 is 12.1 Å². The third kappa shape index (κ3) is 4.19. The number of nitrogens with zero attached hydrogens (tertiary/aromatic N) is 2. The number of methoxy groups -OCH3 is 1. The lowest BCUT2D eigenvalue weighted by atomic mass is 10.2. The Balaban J connectivity index is 2.21. The average molecular weight is 326 g/mol. The SMILES string of the molecule is C=CCN(C(=O)OCc1ccccc1)c1ncccc1C(=O)OC. The number of esters is 1. The molecule has 2 aromatic rings. The average Bonchev–Trinajstić information content (AvgIpc) is 2.64. The number of carbonyl (C=O) groups is 2. The smallest absolute Gasteiger partial charge is 0.416 e. The van der Waals surface area contributed by atoms with E-state index in [2.05, 4.69) is 11.6 Å². The van der Waals surface area contributed by atoms with Gasteiger partial charge in [0, 0.05) is 12.7 Å². The highest BCUT2D eigenvalue weighted by molar-refractivity contribution is 5.99. The molecule has 0 saturated carbocycles. The first-order valence-corrected chi connectivity index (χ1v) is 7.29. The zero-order valence-corrected chi connectivity index (χ0v) is 13.3. The predicted octanol–water partition coefficient (Wildman–Crippen LogP) is 3.20. The van der Waals surface area contributed by atoms with Crippen molar-refractivity contribution in [3.05, 3.63) is 72.4 Å². The summed E-state index contributed by atoms with van der Waals surface area (Å²) in [4.78, 5) is 29.7. The summed E-state index contributed by atoms with van der Waals surface area (Å²) in [6.45, 7) is 3.89. The van der Waals surface area contributed by atoms with Gasteiger partial charge >= 0.3 is 12.1 Å². The lowest BCUT2D eigenvalue weighted by Gasteiger charge is -2.21. The molecule has 6 nitrogen and oxygen atoms in total. The number of rotatable bonds is 6. The molecule has 1 amide bonds. The minimum absolute atomic E-state index is 0.119. The van der Waals surface area contributed by atoms with Gasteiger partial charge in [0.05, 0.1) is 7.11 Å². The van der Waals surface area contributed by atoms with Crippen LogP contribution in [0.2, 0.25) is 0 Å².